The zero-order valence-electron chi connectivity index (χ0n) is 14.2. The first-order valence-electron chi connectivity index (χ1n) is 7.90. The van der Waals surface area contributed by atoms with Crippen LogP contribution >= 0.6 is 40.7 Å². The molecule has 26 heavy (non-hydrogen) atoms. The molecule has 0 saturated carbocycles. The second-order valence-corrected chi connectivity index (χ2v) is 7.21. The molecule has 2 aliphatic rings. The van der Waals surface area contributed by atoms with Crippen molar-refractivity contribution in [2.45, 2.75) is 31.4 Å². The summed E-state index contributed by atoms with van der Waals surface area (Å²) >= 11 is 3.38. The lowest BCUT2D eigenvalue weighted by Gasteiger charge is -2.43. The Morgan fingerprint density at radius 3 is 2.65 bits per heavy atom. The zero-order valence-corrected chi connectivity index (χ0v) is 17.4. The van der Waals surface area contributed by atoms with Crippen molar-refractivity contribution in [2.24, 2.45) is 10.8 Å². The summed E-state index contributed by atoms with van der Waals surface area (Å²) in [6.45, 7) is 4.28. The fourth-order valence-corrected chi connectivity index (χ4v) is 3.82. The fraction of sp³-hybridized carbons (Fsp3) is 0.500. The number of likely N-dealkylation sites (tertiary alicyclic amines) is 1. The molecule has 6 nitrogen and oxygen atoms in total. The number of carbonyl (C=O) groups is 1. The Labute approximate surface area is 172 Å². The largest absolute Gasteiger partial charge is 0.435 e. The molecule has 1 aromatic carbocycles. The van der Waals surface area contributed by atoms with Crippen molar-refractivity contribution < 1.29 is 13.9 Å². The SMILES string of the molecule is CC(N)CN1CCC2(CC1)OC(=O)NN=C2c1ccc(F)cc1Br.Cl.Cl. The molecule has 2 heterocycles. The molecule has 0 aliphatic carbocycles. The molecular weight excluding hydrogens is 450 g/mol. The third-order valence-electron chi connectivity index (χ3n) is 4.37. The van der Waals surface area contributed by atoms with Crippen LogP contribution in [0.15, 0.2) is 27.8 Å². The summed E-state index contributed by atoms with van der Waals surface area (Å²) in [5.41, 5.74) is 8.78. The van der Waals surface area contributed by atoms with Gasteiger partial charge >= 0.3 is 6.09 Å². The Hall–Kier alpha value is -0.930. The highest BCUT2D eigenvalue weighted by Gasteiger charge is 2.46. The van der Waals surface area contributed by atoms with Gasteiger partial charge in [0.1, 0.15) is 11.5 Å². The van der Waals surface area contributed by atoms with Crippen molar-refractivity contribution in [1.82, 2.24) is 10.3 Å². The van der Waals surface area contributed by atoms with E-state index in [1.807, 2.05) is 6.92 Å². The predicted molar refractivity (Wildman–Crippen MR) is 107 cm³/mol. The first kappa shape index (κ1) is 23.1. The molecule has 146 valence electrons. The van der Waals surface area contributed by atoms with E-state index in [0.717, 1.165) is 25.2 Å². The molecule has 1 spiro atoms. The molecule has 1 aromatic rings. The van der Waals surface area contributed by atoms with Gasteiger partial charge in [0.15, 0.2) is 5.60 Å². The van der Waals surface area contributed by atoms with Gasteiger partial charge in [-0.2, -0.15) is 5.10 Å². The number of rotatable bonds is 3. The number of nitrogens with one attached hydrogen (secondary N) is 1. The lowest BCUT2D eigenvalue weighted by molar-refractivity contribution is 0.00556. The predicted octanol–water partition coefficient (Wildman–Crippen LogP) is 3.06. The Kier molecular flexibility index (Phi) is 8.29. The number of nitrogens with zero attached hydrogens (tertiary/aromatic N) is 2. The molecule has 3 rings (SSSR count). The average Bonchev–Trinajstić information content (AvgIpc) is 2.51. The van der Waals surface area contributed by atoms with E-state index in [2.05, 4.69) is 31.4 Å². The van der Waals surface area contributed by atoms with E-state index in [9.17, 15) is 9.18 Å². The van der Waals surface area contributed by atoms with Crippen LogP contribution in [0.4, 0.5) is 9.18 Å². The van der Waals surface area contributed by atoms with Crippen LogP contribution in [-0.4, -0.2) is 48.0 Å². The van der Waals surface area contributed by atoms with Gasteiger partial charge in [0, 0.05) is 48.6 Å². The summed E-state index contributed by atoms with van der Waals surface area (Å²) in [7, 11) is 0. The van der Waals surface area contributed by atoms with E-state index in [1.165, 1.54) is 12.1 Å². The molecule has 1 saturated heterocycles. The van der Waals surface area contributed by atoms with Crippen LogP contribution in [0.2, 0.25) is 0 Å². The molecule has 2 aliphatic heterocycles. The molecule has 0 aromatic heterocycles. The minimum absolute atomic E-state index is 0. The summed E-state index contributed by atoms with van der Waals surface area (Å²) in [5, 5.41) is 4.23. The van der Waals surface area contributed by atoms with Gasteiger partial charge in [-0.1, -0.05) is 15.9 Å². The van der Waals surface area contributed by atoms with Crippen LogP contribution in [0.3, 0.4) is 0 Å². The number of halogens is 4. The zero-order chi connectivity index (χ0) is 17.3. The monoisotopic (exact) mass is 470 g/mol. The maximum absolute atomic E-state index is 13.4. The van der Waals surface area contributed by atoms with E-state index in [-0.39, 0.29) is 36.7 Å². The summed E-state index contributed by atoms with van der Waals surface area (Å²) in [6.07, 6.45) is 0.684. The standard InChI is InChI=1S/C16H20BrFN4O2.2ClH/c1-10(19)9-22-6-4-16(5-7-22)14(20-21-15(23)24-16)12-3-2-11(18)8-13(12)17;;/h2-3,8,10H,4-7,9,19H2,1H3,(H,21,23);2*1H. The second-order valence-electron chi connectivity index (χ2n) is 6.36. The lowest BCUT2D eigenvalue weighted by atomic mass is 9.82. The quantitative estimate of drug-likeness (QED) is 0.709. The van der Waals surface area contributed by atoms with Crippen molar-refractivity contribution in [1.29, 1.82) is 0 Å². The van der Waals surface area contributed by atoms with E-state index in [1.54, 1.807) is 6.07 Å². The van der Waals surface area contributed by atoms with Crippen LogP contribution in [0, 0.1) is 5.82 Å². The van der Waals surface area contributed by atoms with Gasteiger partial charge in [0.2, 0.25) is 0 Å². The third-order valence-corrected chi connectivity index (χ3v) is 5.03. The molecule has 3 N–H and O–H groups in total. The van der Waals surface area contributed by atoms with Gasteiger partial charge in [-0.05, 0) is 25.1 Å². The number of amides is 1. The Bertz CT molecular complexity index is 682. The summed E-state index contributed by atoms with van der Waals surface area (Å²) in [5.74, 6) is -0.340. The first-order valence-corrected chi connectivity index (χ1v) is 8.69. The number of hydrazone groups is 1. The van der Waals surface area contributed by atoms with Gasteiger partial charge in [0.05, 0.1) is 0 Å². The molecule has 0 bridgehead atoms. The Balaban J connectivity index is 0.00000169. The van der Waals surface area contributed by atoms with Crippen molar-refractivity contribution in [3.63, 3.8) is 0 Å². The molecule has 0 radical (unpaired) electrons. The average molecular weight is 472 g/mol. The molecule has 1 fully saturated rings. The summed E-state index contributed by atoms with van der Waals surface area (Å²) < 4.78 is 19.6. The second kappa shape index (κ2) is 9.32. The maximum atomic E-state index is 13.4. The summed E-state index contributed by atoms with van der Waals surface area (Å²) in [4.78, 5) is 14.0. The van der Waals surface area contributed by atoms with Crippen LogP contribution in [0.25, 0.3) is 0 Å². The molecule has 1 atom stereocenters. The van der Waals surface area contributed by atoms with Crippen LogP contribution in [0.1, 0.15) is 25.3 Å². The number of hydrogen-bond donors (Lipinski definition) is 2. The van der Waals surface area contributed by atoms with Gasteiger partial charge in [-0.15, -0.1) is 24.8 Å². The minimum Gasteiger partial charge on any atom is -0.435 e. The minimum atomic E-state index is -0.795. The molecule has 1 unspecified atom stereocenters. The van der Waals surface area contributed by atoms with Gasteiger partial charge < -0.3 is 15.4 Å². The van der Waals surface area contributed by atoms with E-state index in [0.29, 0.717) is 23.0 Å². The maximum Gasteiger partial charge on any atom is 0.428 e. The van der Waals surface area contributed by atoms with Crippen LogP contribution < -0.4 is 11.2 Å². The van der Waals surface area contributed by atoms with Crippen molar-refractivity contribution in [3.8, 4) is 0 Å². The molecule has 10 heteroatoms. The van der Waals surface area contributed by atoms with E-state index >= 15 is 0 Å². The van der Waals surface area contributed by atoms with Gasteiger partial charge in [-0.3, -0.25) is 0 Å². The third kappa shape index (κ3) is 4.86. The number of carbonyl (C=O) groups excluding carboxylic acids is 1. The molecular formula is C16H22BrCl2FN4O2. The van der Waals surface area contributed by atoms with Crippen molar-refractivity contribution >= 4 is 52.5 Å². The number of nitrogens with two attached hydrogens (primary N) is 1. The highest BCUT2D eigenvalue weighted by atomic mass is 79.9. The first-order chi connectivity index (χ1) is 11.4. The number of benzene rings is 1. The lowest BCUT2D eigenvalue weighted by Crippen LogP contribution is -2.57. The Morgan fingerprint density at radius 2 is 2.08 bits per heavy atom. The smallest absolute Gasteiger partial charge is 0.428 e. The van der Waals surface area contributed by atoms with Crippen molar-refractivity contribution in [2.75, 3.05) is 19.6 Å². The fourth-order valence-electron chi connectivity index (χ4n) is 3.28. The highest BCUT2D eigenvalue weighted by Crippen LogP contribution is 2.35. The normalized spacial score (nSPS) is 20.2. The number of ether oxygens (including phenoxy) is 1. The van der Waals surface area contributed by atoms with E-state index in [4.69, 9.17) is 10.5 Å². The van der Waals surface area contributed by atoms with Crippen LogP contribution in [-0.2, 0) is 4.74 Å². The van der Waals surface area contributed by atoms with Gasteiger partial charge in [-0.25, -0.2) is 14.6 Å². The summed E-state index contributed by atoms with van der Waals surface area (Å²) in [6, 6.07) is 4.49. The number of piperidine rings is 1. The highest BCUT2D eigenvalue weighted by molar-refractivity contribution is 9.10. The van der Waals surface area contributed by atoms with Gasteiger partial charge in [0.25, 0.3) is 0 Å². The van der Waals surface area contributed by atoms with Crippen LogP contribution in [0.5, 0.6) is 0 Å². The topological polar surface area (TPSA) is 79.9 Å². The van der Waals surface area contributed by atoms with E-state index < -0.39 is 11.7 Å². The Morgan fingerprint density at radius 1 is 1.42 bits per heavy atom. The number of hydrogen-bond acceptors (Lipinski definition) is 5. The molecule has 1 amide bonds. The van der Waals surface area contributed by atoms with Crippen molar-refractivity contribution in [3.05, 3.63) is 34.1 Å².